The number of H-pyrrole nitrogens is 1. The Morgan fingerprint density at radius 3 is 2.43 bits per heavy atom. The van der Waals surface area contributed by atoms with Crippen molar-refractivity contribution in [3.05, 3.63) is 70.8 Å². The number of methoxy groups -OCH3 is 2. The summed E-state index contributed by atoms with van der Waals surface area (Å²) in [6, 6.07) is 6.27. The van der Waals surface area contributed by atoms with Crippen molar-refractivity contribution in [2.45, 2.75) is 102 Å². The van der Waals surface area contributed by atoms with E-state index in [0.717, 1.165) is 66.9 Å². The van der Waals surface area contributed by atoms with Crippen molar-refractivity contribution in [3.8, 4) is 0 Å². The number of fused-ring (bicyclic) bond motifs is 3. The maximum absolute atomic E-state index is 13.7. The molecule has 2 aliphatic heterocycles. The Labute approximate surface area is 317 Å². The summed E-state index contributed by atoms with van der Waals surface area (Å²) in [6.07, 6.45) is 10.4. The molecule has 1 aromatic heterocycles. The fourth-order valence-electron chi connectivity index (χ4n) is 8.44. The normalized spacial score (nSPS) is 23.8. The third-order valence-electron chi connectivity index (χ3n) is 11.5. The standard InChI is InChI=1S/C40H55N7O7/c1-6-30(43-39(51)53-4)37(49)46-19-7-9-28(46)22-41-36(48)25-13-11-24(12-14-25)26-15-17-29-27(21-26)16-18-31-34(29)44-35(42-31)32-10-8-20-47(32)38(50)33(23(2)3)45-40(52)54-5/h11-15,17,21,23,27-30,32-33,37,49H,6-10,16,18-20,22H2,1-5H3,(H,41,48)(H,42,44)(H,43,51)(H,45,52). The van der Waals surface area contributed by atoms with Gasteiger partial charge in [0.05, 0.1) is 32.0 Å². The molecule has 2 fully saturated rings. The van der Waals surface area contributed by atoms with E-state index >= 15 is 0 Å². The van der Waals surface area contributed by atoms with Crippen LogP contribution in [0.4, 0.5) is 9.59 Å². The highest BCUT2D eigenvalue weighted by molar-refractivity contribution is 5.94. The van der Waals surface area contributed by atoms with Gasteiger partial charge in [0.1, 0.15) is 18.1 Å². The van der Waals surface area contributed by atoms with E-state index in [4.69, 9.17) is 14.5 Å². The number of hydrogen-bond donors (Lipinski definition) is 5. The van der Waals surface area contributed by atoms with Gasteiger partial charge >= 0.3 is 12.2 Å². The van der Waals surface area contributed by atoms with Gasteiger partial charge in [0.2, 0.25) is 5.91 Å². The maximum atomic E-state index is 13.7. The number of alkyl carbamates (subject to hydrolysis) is 2. The molecule has 0 radical (unpaired) electrons. The number of aliphatic hydroxyl groups excluding tert-OH is 1. The number of carbonyl (C=O) groups is 4. The number of likely N-dealkylation sites (tertiary alicyclic amines) is 2. The molecule has 0 saturated carbocycles. The summed E-state index contributed by atoms with van der Waals surface area (Å²) in [4.78, 5) is 63.1. The lowest BCUT2D eigenvalue weighted by molar-refractivity contribution is -0.135. The number of nitrogens with one attached hydrogen (secondary N) is 4. The van der Waals surface area contributed by atoms with Crippen molar-refractivity contribution in [2.24, 2.45) is 11.8 Å². The zero-order chi connectivity index (χ0) is 38.5. The summed E-state index contributed by atoms with van der Waals surface area (Å²) >= 11 is 0. The van der Waals surface area contributed by atoms with Crippen LogP contribution in [0.2, 0.25) is 0 Å². The molecular formula is C40H55N7O7. The number of aromatic nitrogens is 2. The molecule has 6 rings (SSSR count). The van der Waals surface area contributed by atoms with E-state index in [-0.39, 0.29) is 41.7 Å². The van der Waals surface area contributed by atoms with Crippen molar-refractivity contribution in [3.63, 3.8) is 0 Å². The second kappa shape index (κ2) is 17.2. The van der Waals surface area contributed by atoms with Crippen LogP contribution in [0, 0.1) is 11.8 Å². The van der Waals surface area contributed by atoms with Gasteiger partial charge in [0, 0.05) is 42.9 Å². The van der Waals surface area contributed by atoms with E-state index in [2.05, 4.69) is 39.2 Å². The lowest BCUT2D eigenvalue weighted by Gasteiger charge is -2.34. The predicted molar refractivity (Wildman–Crippen MR) is 202 cm³/mol. The zero-order valence-corrected chi connectivity index (χ0v) is 32.0. The van der Waals surface area contributed by atoms with Gasteiger partial charge in [0.25, 0.3) is 5.91 Å². The minimum atomic E-state index is -0.880. The van der Waals surface area contributed by atoms with Crippen LogP contribution in [0.25, 0.3) is 5.57 Å². The van der Waals surface area contributed by atoms with Crippen molar-refractivity contribution >= 4 is 29.6 Å². The molecule has 4 amide bonds. The number of carbonyl (C=O) groups excluding carboxylic acids is 4. The minimum absolute atomic E-state index is 0.0454. The number of rotatable bonds is 12. The molecule has 4 aliphatic rings. The average molecular weight is 746 g/mol. The van der Waals surface area contributed by atoms with Gasteiger partial charge in [0.15, 0.2) is 0 Å². The predicted octanol–water partition coefficient (Wildman–Crippen LogP) is 4.40. The summed E-state index contributed by atoms with van der Waals surface area (Å²) in [7, 11) is 2.59. The highest BCUT2D eigenvalue weighted by Crippen LogP contribution is 2.43. The highest BCUT2D eigenvalue weighted by Gasteiger charge is 2.40. The quantitative estimate of drug-likeness (QED) is 0.211. The maximum Gasteiger partial charge on any atom is 0.407 e. The lowest BCUT2D eigenvalue weighted by atomic mass is 9.75. The van der Waals surface area contributed by atoms with Gasteiger partial charge in [-0.1, -0.05) is 51.1 Å². The molecule has 5 N–H and O–H groups in total. The second-order valence-corrected chi connectivity index (χ2v) is 15.1. The van der Waals surface area contributed by atoms with Crippen LogP contribution in [0.5, 0.6) is 0 Å². The third kappa shape index (κ3) is 8.34. The summed E-state index contributed by atoms with van der Waals surface area (Å²) in [5, 5.41) is 19.5. The number of hydrogen-bond acceptors (Lipinski definition) is 9. The van der Waals surface area contributed by atoms with E-state index < -0.39 is 30.5 Å². The minimum Gasteiger partial charge on any atom is -0.453 e. The molecule has 14 nitrogen and oxygen atoms in total. The van der Waals surface area contributed by atoms with Crippen LogP contribution in [0.15, 0.2) is 42.5 Å². The Morgan fingerprint density at radius 1 is 1.00 bits per heavy atom. The number of benzene rings is 1. The summed E-state index contributed by atoms with van der Waals surface area (Å²) in [5.74, 6) is 0.810. The van der Waals surface area contributed by atoms with Crippen LogP contribution in [-0.2, 0) is 20.7 Å². The molecule has 2 saturated heterocycles. The van der Waals surface area contributed by atoms with E-state index in [1.54, 1.807) is 0 Å². The van der Waals surface area contributed by atoms with Gasteiger partial charge in [-0.2, -0.15) is 0 Å². The molecule has 7 atom stereocenters. The van der Waals surface area contributed by atoms with Crippen molar-refractivity contribution in [1.29, 1.82) is 0 Å². The van der Waals surface area contributed by atoms with Crippen LogP contribution in [0.3, 0.4) is 0 Å². The first-order valence-corrected chi connectivity index (χ1v) is 19.3. The Hall–Kier alpha value is -4.69. The van der Waals surface area contributed by atoms with E-state index in [1.165, 1.54) is 14.2 Å². The molecule has 7 unspecified atom stereocenters. The van der Waals surface area contributed by atoms with Gasteiger partial charge in [-0.3, -0.25) is 14.5 Å². The zero-order valence-electron chi connectivity index (χ0n) is 32.0. The topological polar surface area (TPSA) is 178 Å². The van der Waals surface area contributed by atoms with E-state index in [0.29, 0.717) is 31.6 Å². The van der Waals surface area contributed by atoms with Gasteiger partial charge in [-0.05, 0) is 80.1 Å². The highest BCUT2D eigenvalue weighted by atomic mass is 16.5. The first-order chi connectivity index (χ1) is 26.0. The Bertz CT molecular complexity index is 1740. The molecule has 3 heterocycles. The average Bonchev–Trinajstić information content (AvgIpc) is 3.97. The molecular weight excluding hydrogens is 690 g/mol. The molecule has 54 heavy (non-hydrogen) atoms. The lowest BCUT2D eigenvalue weighted by Crippen LogP contribution is -2.54. The third-order valence-corrected chi connectivity index (χ3v) is 11.5. The number of aromatic amines is 1. The summed E-state index contributed by atoms with van der Waals surface area (Å²) in [6.45, 7) is 7.40. The SMILES string of the molecule is CCC(NC(=O)OC)C(O)N1CCCC1CNC(=O)c1ccc(C2=CC3CCc4[nH]c(C5CCCN5C(=O)C(NC(=O)OC)C(C)C)nc4C3C=C2)cc1. The van der Waals surface area contributed by atoms with Gasteiger partial charge in [-0.15, -0.1) is 0 Å². The number of ether oxygens (including phenoxy) is 2. The molecule has 292 valence electrons. The van der Waals surface area contributed by atoms with E-state index in [1.807, 2.05) is 54.8 Å². The number of aryl methyl sites for hydroxylation is 1. The van der Waals surface area contributed by atoms with Gasteiger partial charge in [-0.25, -0.2) is 14.6 Å². The number of allylic oxidation sites excluding steroid dienone is 4. The Balaban J connectivity index is 1.06. The van der Waals surface area contributed by atoms with Crippen molar-refractivity contribution < 1.29 is 33.8 Å². The largest absolute Gasteiger partial charge is 0.453 e. The smallest absolute Gasteiger partial charge is 0.407 e. The number of imidazole rings is 1. The van der Waals surface area contributed by atoms with Crippen molar-refractivity contribution in [2.75, 3.05) is 33.9 Å². The van der Waals surface area contributed by atoms with Crippen LogP contribution >= 0.6 is 0 Å². The first kappa shape index (κ1) is 39.0. The second-order valence-electron chi connectivity index (χ2n) is 15.1. The molecule has 14 heteroatoms. The number of amides is 4. The fraction of sp³-hybridized carbons (Fsp3) is 0.575. The molecule has 0 bridgehead atoms. The molecule has 0 spiro atoms. The van der Waals surface area contributed by atoms with E-state index in [9.17, 15) is 24.3 Å². The van der Waals surface area contributed by atoms with Gasteiger partial charge < -0.3 is 40.4 Å². The Morgan fingerprint density at radius 2 is 1.72 bits per heavy atom. The molecule has 2 aliphatic carbocycles. The van der Waals surface area contributed by atoms with Crippen LogP contribution in [0.1, 0.15) is 104 Å². The number of nitrogens with zero attached hydrogens (tertiary/aromatic N) is 3. The number of aliphatic hydroxyl groups is 1. The molecule has 1 aromatic carbocycles. The first-order valence-electron chi connectivity index (χ1n) is 19.3. The monoisotopic (exact) mass is 745 g/mol. The van der Waals surface area contributed by atoms with Crippen LogP contribution in [-0.4, -0.2) is 107 Å². The van der Waals surface area contributed by atoms with Crippen molar-refractivity contribution in [1.82, 2.24) is 35.7 Å². The summed E-state index contributed by atoms with van der Waals surface area (Å²) in [5.41, 5.74) is 4.85. The molecule has 2 aromatic rings. The Kier molecular flexibility index (Phi) is 12.4. The van der Waals surface area contributed by atoms with Crippen LogP contribution < -0.4 is 16.0 Å². The fourth-order valence-corrected chi connectivity index (χ4v) is 8.44. The summed E-state index contributed by atoms with van der Waals surface area (Å²) < 4.78 is 9.49.